The van der Waals surface area contributed by atoms with Crippen LogP contribution in [0.2, 0.25) is 0 Å². The van der Waals surface area contributed by atoms with E-state index in [1.807, 2.05) is 21.0 Å². The first-order valence-corrected chi connectivity index (χ1v) is 5.16. The number of carbonyl (C=O) groups is 1. The number of likely N-dealkylation sites (N-methyl/N-ethyl adjacent to an activating group) is 1. The van der Waals surface area contributed by atoms with E-state index in [9.17, 15) is 4.79 Å². The van der Waals surface area contributed by atoms with E-state index in [1.165, 1.54) is 0 Å². The molecule has 3 N–H and O–H groups in total. The number of nitrogens with zero attached hydrogens (tertiary/aromatic N) is 1. The fourth-order valence-electron chi connectivity index (χ4n) is 0.899. The van der Waals surface area contributed by atoms with Crippen molar-refractivity contribution in [1.29, 1.82) is 0 Å². The monoisotopic (exact) mass is 201 g/mol. The molecule has 0 aromatic carbocycles. The maximum atomic E-state index is 11.3. The molecule has 4 nitrogen and oxygen atoms in total. The SMILES string of the molecule is CCC(N)CC(=O)NCC(C)N(C)C. The van der Waals surface area contributed by atoms with Crippen LogP contribution in [-0.4, -0.2) is 43.5 Å². The first kappa shape index (κ1) is 13.4. The summed E-state index contributed by atoms with van der Waals surface area (Å²) >= 11 is 0. The Morgan fingerprint density at radius 3 is 2.50 bits per heavy atom. The molecular formula is C10H23N3O. The van der Waals surface area contributed by atoms with Gasteiger partial charge >= 0.3 is 0 Å². The first-order valence-electron chi connectivity index (χ1n) is 5.16. The van der Waals surface area contributed by atoms with Crippen molar-refractivity contribution >= 4 is 5.91 Å². The van der Waals surface area contributed by atoms with Gasteiger partial charge in [0.2, 0.25) is 5.91 Å². The molecule has 2 unspecified atom stereocenters. The third-order valence-electron chi connectivity index (χ3n) is 2.45. The maximum Gasteiger partial charge on any atom is 0.221 e. The molecule has 0 bridgehead atoms. The number of nitrogens with two attached hydrogens (primary N) is 1. The first-order chi connectivity index (χ1) is 6.47. The van der Waals surface area contributed by atoms with Crippen LogP contribution in [-0.2, 0) is 4.79 Å². The second kappa shape index (κ2) is 6.79. The molecule has 0 aliphatic rings. The Morgan fingerprint density at radius 2 is 2.07 bits per heavy atom. The van der Waals surface area contributed by atoms with E-state index in [0.29, 0.717) is 19.0 Å². The average molecular weight is 201 g/mol. The van der Waals surface area contributed by atoms with Gasteiger partial charge in [-0.2, -0.15) is 0 Å². The molecule has 4 heteroatoms. The molecule has 0 aromatic heterocycles. The van der Waals surface area contributed by atoms with E-state index < -0.39 is 0 Å². The minimum absolute atomic E-state index is 0.00957. The van der Waals surface area contributed by atoms with E-state index in [1.54, 1.807) is 0 Å². The number of amides is 1. The van der Waals surface area contributed by atoms with Crippen LogP contribution in [0, 0.1) is 0 Å². The highest BCUT2D eigenvalue weighted by molar-refractivity contribution is 5.76. The van der Waals surface area contributed by atoms with Gasteiger partial charge in [0.1, 0.15) is 0 Å². The van der Waals surface area contributed by atoms with Crippen molar-refractivity contribution < 1.29 is 4.79 Å². The zero-order valence-electron chi connectivity index (χ0n) is 9.71. The molecule has 0 aliphatic carbocycles. The number of hydrogen-bond acceptors (Lipinski definition) is 3. The smallest absolute Gasteiger partial charge is 0.221 e. The maximum absolute atomic E-state index is 11.3. The van der Waals surface area contributed by atoms with Crippen molar-refractivity contribution in [2.75, 3.05) is 20.6 Å². The van der Waals surface area contributed by atoms with Gasteiger partial charge in [-0.25, -0.2) is 0 Å². The lowest BCUT2D eigenvalue weighted by atomic mass is 10.1. The molecule has 14 heavy (non-hydrogen) atoms. The van der Waals surface area contributed by atoms with Crippen molar-refractivity contribution in [3.05, 3.63) is 0 Å². The van der Waals surface area contributed by atoms with Gasteiger partial charge in [0.25, 0.3) is 0 Å². The number of rotatable bonds is 6. The summed E-state index contributed by atoms with van der Waals surface area (Å²) in [6.45, 7) is 4.74. The lowest BCUT2D eigenvalue weighted by molar-refractivity contribution is -0.121. The molecule has 0 aliphatic heterocycles. The number of carbonyl (C=O) groups excluding carboxylic acids is 1. The predicted octanol–water partition coefficient (Wildman–Crippen LogP) is 0.180. The highest BCUT2D eigenvalue weighted by Crippen LogP contribution is 1.94. The van der Waals surface area contributed by atoms with Gasteiger partial charge in [-0.05, 0) is 27.4 Å². The van der Waals surface area contributed by atoms with Crippen LogP contribution in [0.15, 0.2) is 0 Å². The quantitative estimate of drug-likeness (QED) is 0.644. The number of hydrogen-bond donors (Lipinski definition) is 2. The van der Waals surface area contributed by atoms with Crippen LogP contribution in [0.1, 0.15) is 26.7 Å². The lowest BCUT2D eigenvalue weighted by Crippen LogP contribution is -2.40. The molecule has 0 aromatic rings. The Morgan fingerprint density at radius 1 is 1.50 bits per heavy atom. The molecule has 0 heterocycles. The van der Waals surface area contributed by atoms with Crippen molar-refractivity contribution in [3.63, 3.8) is 0 Å². The third-order valence-corrected chi connectivity index (χ3v) is 2.45. The molecular weight excluding hydrogens is 178 g/mol. The van der Waals surface area contributed by atoms with Gasteiger partial charge in [0.15, 0.2) is 0 Å². The summed E-state index contributed by atoms with van der Waals surface area (Å²) in [6.07, 6.45) is 1.27. The summed E-state index contributed by atoms with van der Waals surface area (Å²) < 4.78 is 0. The fourth-order valence-corrected chi connectivity index (χ4v) is 0.899. The highest BCUT2D eigenvalue weighted by atomic mass is 16.1. The largest absolute Gasteiger partial charge is 0.354 e. The Hall–Kier alpha value is -0.610. The summed E-state index contributed by atoms with van der Waals surface area (Å²) in [5.74, 6) is 0.0491. The van der Waals surface area contributed by atoms with Gasteiger partial charge < -0.3 is 16.0 Å². The predicted molar refractivity (Wildman–Crippen MR) is 59.0 cm³/mol. The zero-order valence-corrected chi connectivity index (χ0v) is 9.71. The normalized spacial score (nSPS) is 15.3. The second-order valence-electron chi connectivity index (χ2n) is 3.99. The molecule has 84 valence electrons. The van der Waals surface area contributed by atoms with E-state index >= 15 is 0 Å². The Bertz CT molecular complexity index is 171. The Balaban J connectivity index is 3.64. The number of nitrogens with one attached hydrogen (secondary N) is 1. The highest BCUT2D eigenvalue weighted by Gasteiger charge is 2.09. The van der Waals surface area contributed by atoms with Crippen molar-refractivity contribution in [1.82, 2.24) is 10.2 Å². The standard InChI is InChI=1S/C10H23N3O/c1-5-9(11)6-10(14)12-7-8(2)13(3)4/h8-9H,5-7,11H2,1-4H3,(H,12,14). The fraction of sp³-hybridized carbons (Fsp3) is 0.900. The van der Waals surface area contributed by atoms with Gasteiger partial charge in [-0.3, -0.25) is 4.79 Å². The van der Waals surface area contributed by atoms with Crippen LogP contribution >= 0.6 is 0 Å². The lowest BCUT2D eigenvalue weighted by Gasteiger charge is -2.20. The molecule has 1 amide bonds. The van der Waals surface area contributed by atoms with Crippen LogP contribution in [0.3, 0.4) is 0 Å². The molecule has 0 spiro atoms. The molecule has 0 fully saturated rings. The van der Waals surface area contributed by atoms with Crippen LogP contribution in [0.5, 0.6) is 0 Å². The third kappa shape index (κ3) is 5.94. The van der Waals surface area contributed by atoms with E-state index in [2.05, 4.69) is 17.1 Å². The van der Waals surface area contributed by atoms with E-state index in [4.69, 9.17) is 5.73 Å². The van der Waals surface area contributed by atoms with Crippen LogP contribution in [0.25, 0.3) is 0 Å². The minimum atomic E-state index is -0.00957. The zero-order chi connectivity index (χ0) is 11.1. The second-order valence-corrected chi connectivity index (χ2v) is 3.99. The van der Waals surface area contributed by atoms with Gasteiger partial charge in [-0.1, -0.05) is 6.92 Å². The minimum Gasteiger partial charge on any atom is -0.354 e. The Labute approximate surface area is 86.8 Å². The summed E-state index contributed by atoms with van der Waals surface area (Å²) in [5, 5.41) is 2.87. The molecule has 0 saturated heterocycles. The summed E-state index contributed by atoms with van der Waals surface area (Å²) in [7, 11) is 3.99. The molecule has 0 rings (SSSR count). The molecule has 2 atom stereocenters. The summed E-state index contributed by atoms with van der Waals surface area (Å²) in [5.41, 5.74) is 5.67. The van der Waals surface area contributed by atoms with E-state index in [0.717, 1.165) is 6.42 Å². The molecule has 0 saturated carbocycles. The van der Waals surface area contributed by atoms with Gasteiger partial charge in [0.05, 0.1) is 0 Å². The van der Waals surface area contributed by atoms with Gasteiger partial charge in [0, 0.05) is 25.0 Å². The topological polar surface area (TPSA) is 58.4 Å². The van der Waals surface area contributed by atoms with Crippen LogP contribution in [0.4, 0.5) is 0 Å². The summed E-state index contributed by atoms with van der Waals surface area (Å²) in [4.78, 5) is 13.4. The molecule has 0 radical (unpaired) electrons. The van der Waals surface area contributed by atoms with E-state index in [-0.39, 0.29) is 11.9 Å². The average Bonchev–Trinajstić information content (AvgIpc) is 2.13. The van der Waals surface area contributed by atoms with Gasteiger partial charge in [-0.15, -0.1) is 0 Å². The van der Waals surface area contributed by atoms with Crippen LogP contribution < -0.4 is 11.1 Å². The van der Waals surface area contributed by atoms with Crippen molar-refractivity contribution in [3.8, 4) is 0 Å². The van der Waals surface area contributed by atoms with Crippen molar-refractivity contribution in [2.24, 2.45) is 5.73 Å². The summed E-state index contributed by atoms with van der Waals surface area (Å²) in [6, 6.07) is 0.349. The Kier molecular flexibility index (Phi) is 6.49. The van der Waals surface area contributed by atoms with Crippen molar-refractivity contribution in [2.45, 2.75) is 38.8 Å².